The highest BCUT2D eigenvalue weighted by molar-refractivity contribution is 5.94. The van der Waals surface area contributed by atoms with Crippen molar-refractivity contribution in [2.45, 2.75) is 31.8 Å². The first-order valence-corrected chi connectivity index (χ1v) is 9.89. The number of urea groups is 1. The Balaban J connectivity index is 1.59. The molecule has 1 aromatic heterocycles. The Hall–Kier alpha value is -3.35. The van der Waals surface area contributed by atoms with Gasteiger partial charge in [-0.25, -0.2) is 9.78 Å². The maximum atomic E-state index is 13.3. The standard InChI is InChI=1S/C22H25N5O2/c1-26-18-7-3-2-6-17(18)25-20(26)19-8-4-5-13-27(19)21(28)16-11-9-15(10-12-16)14-24-22(23)29/h2-3,6-7,9-12,19H,4-5,8,13-14H2,1H3,(H3,23,24,29)/t19-/m1/s1. The second kappa shape index (κ2) is 7.95. The molecule has 3 aromatic rings. The van der Waals surface area contributed by atoms with Crippen LogP contribution >= 0.6 is 0 Å². The molecule has 0 aliphatic carbocycles. The molecule has 4 rings (SSSR count). The number of rotatable bonds is 4. The van der Waals surface area contributed by atoms with Crippen LogP contribution in [0.3, 0.4) is 0 Å². The number of fused-ring (bicyclic) bond motifs is 1. The summed E-state index contributed by atoms with van der Waals surface area (Å²) in [5, 5.41) is 2.55. The summed E-state index contributed by atoms with van der Waals surface area (Å²) in [6.07, 6.45) is 2.98. The number of nitrogens with two attached hydrogens (primary N) is 1. The number of carbonyl (C=O) groups is 2. The van der Waals surface area contributed by atoms with Crippen molar-refractivity contribution >= 4 is 23.0 Å². The number of carbonyl (C=O) groups excluding carboxylic acids is 2. The van der Waals surface area contributed by atoms with Crippen molar-refractivity contribution in [2.24, 2.45) is 12.8 Å². The van der Waals surface area contributed by atoms with Gasteiger partial charge in [-0.2, -0.15) is 0 Å². The van der Waals surface area contributed by atoms with E-state index in [1.54, 1.807) is 12.1 Å². The van der Waals surface area contributed by atoms with E-state index in [1.165, 1.54) is 0 Å². The van der Waals surface area contributed by atoms with Crippen LogP contribution in [-0.2, 0) is 13.6 Å². The van der Waals surface area contributed by atoms with Gasteiger partial charge in [-0.05, 0) is 49.1 Å². The van der Waals surface area contributed by atoms with Crippen molar-refractivity contribution < 1.29 is 9.59 Å². The highest BCUT2D eigenvalue weighted by Crippen LogP contribution is 2.33. The Morgan fingerprint density at radius 2 is 1.90 bits per heavy atom. The highest BCUT2D eigenvalue weighted by atomic mass is 16.2. The van der Waals surface area contributed by atoms with Gasteiger partial charge >= 0.3 is 6.03 Å². The van der Waals surface area contributed by atoms with Crippen molar-refractivity contribution in [3.8, 4) is 0 Å². The third-order valence-corrected chi connectivity index (χ3v) is 5.55. The van der Waals surface area contributed by atoms with Crippen LogP contribution < -0.4 is 11.1 Å². The molecule has 3 amide bonds. The van der Waals surface area contributed by atoms with Crippen LogP contribution in [0, 0.1) is 0 Å². The molecule has 0 spiro atoms. The summed E-state index contributed by atoms with van der Waals surface area (Å²) in [5.41, 5.74) is 8.67. The molecule has 1 fully saturated rings. The second-order valence-corrected chi connectivity index (χ2v) is 7.44. The lowest BCUT2D eigenvalue weighted by Crippen LogP contribution is -2.39. The fourth-order valence-corrected chi connectivity index (χ4v) is 4.03. The van der Waals surface area contributed by atoms with Gasteiger partial charge in [0.15, 0.2) is 0 Å². The number of likely N-dealkylation sites (tertiary alicyclic amines) is 1. The van der Waals surface area contributed by atoms with Gasteiger partial charge in [0.1, 0.15) is 5.82 Å². The van der Waals surface area contributed by atoms with Crippen molar-refractivity contribution in [3.05, 3.63) is 65.5 Å². The van der Waals surface area contributed by atoms with E-state index < -0.39 is 6.03 Å². The van der Waals surface area contributed by atoms with Gasteiger partial charge in [-0.15, -0.1) is 0 Å². The third-order valence-electron chi connectivity index (χ3n) is 5.55. The monoisotopic (exact) mass is 391 g/mol. The molecule has 3 N–H and O–H groups in total. The molecular weight excluding hydrogens is 366 g/mol. The molecule has 1 aliphatic heterocycles. The molecule has 1 aliphatic rings. The van der Waals surface area contributed by atoms with Gasteiger partial charge < -0.3 is 20.5 Å². The van der Waals surface area contributed by atoms with Crippen LogP contribution in [0.15, 0.2) is 48.5 Å². The number of amides is 3. The van der Waals surface area contributed by atoms with Gasteiger partial charge in [-0.1, -0.05) is 24.3 Å². The first kappa shape index (κ1) is 19.0. The zero-order valence-corrected chi connectivity index (χ0v) is 16.5. The predicted octanol–water partition coefficient (Wildman–Crippen LogP) is 3.11. The van der Waals surface area contributed by atoms with Crippen LogP contribution in [0.1, 0.15) is 47.1 Å². The molecule has 0 bridgehead atoms. The predicted molar refractivity (Wildman–Crippen MR) is 111 cm³/mol. The van der Waals surface area contributed by atoms with E-state index in [4.69, 9.17) is 10.7 Å². The number of hydrogen-bond donors (Lipinski definition) is 2. The fourth-order valence-electron chi connectivity index (χ4n) is 4.03. The van der Waals surface area contributed by atoms with Crippen LogP contribution in [0.5, 0.6) is 0 Å². The van der Waals surface area contributed by atoms with Gasteiger partial charge in [0, 0.05) is 25.7 Å². The minimum absolute atomic E-state index is 0.0103. The van der Waals surface area contributed by atoms with Crippen molar-refractivity contribution in [2.75, 3.05) is 6.54 Å². The molecule has 150 valence electrons. The highest BCUT2D eigenvalue weighted by Gasteiger charge is 2.31. The van der Waals surface area contributed by atoms with E-state index in [0.717, 1.165) is 48.2 Å². The lowest BCUT2D eigenvalue weighted by atomic mass is 9.99. The van der Waals surface area contributed by atoms with E-state index in [0.29, 0.717) is 12.1 Å². The van der Waals surface area contributed by atoms with E-state index in [2.05, 4.69) is 16.0 Å². The summed E-state index contributed by atoms with van der Waals surface area (Å²) in [6, 6.07) is 14.8. The minimum Gasteiger partial charge on any atom is -0.352 e. The maximum Gasteiger partial charge on any atom is 0.312 e. The number of aryl methyl sites for hydroxylation is 1. The first-order valence-electron chi connectivity index (χ1n) is 9.89. The third kappa shape index (κ3) is 3.81. The maximum absolute atomic E-state index is 13.3. The molecule has 2 heterocycles. The number of aromatic nitrogens is 2. The number of para-hydroxylation sites is 2. The van der Waals surface area contributed by atoms with Gasteiger partial charge in [0.05, 0.1) is 17.1 Å². The van der Waals surface area contributed by atoms with Crippen LogP contribution in [0.4, 0.5) is 4.79 Å². The molecule has 1 atom stereocenters. The van der Waals surface area contributed by atoms with Crippen LogP contribution in [0.2, 0.25) is 0 Å². The summed E-state index contributed by atoms with van der Waals surface area (Å²) in [7, 11) is 2.02. The molecular formula is C22H25N5O2. The number of piperidine rings is 1. The summed E-state index contributed by atoms with van der Waals surface area (Å²) in [4.78, 5) is 30.9. The van der Waals surface area contributed by atoms with Gasteiger partial charge in [0.25, 0.3) is 5.91 Å². The summed E-state index contributed by atoms with van der Waals surface area (Å²) in [6.45, 7) is 1.06. The molecule has 0 radical (unpaired) electrons. The zero-order chi connectivity index (χ0) is 20.4. The number of nitrogens with one attached hydrogen (secondary N) is 1. The average molecular weight is 391 g/mol. The molecule has 7 nitrogen and oxygen atoms in total. The minimum atomic E-state index is -0.566. The quantitative estimate of drug-likeness (QED) is 0.716. The summed E-state index contributed by atoms with van der Waals surface area (Å²) < 4.78 is 2.10. The zero-order valence-electron chi connectivity index (χ0n) is 16.5. The number of nitrogens with zero attached hydrogens (tertiary/aromatic N) is 3. The lowest BCUT2D eigenvalue weighted by Gasteiger charge is -2.35. The van der Waals surface area contributed by atoms with E-state index in [1.807, 2.05) is 42.3 Å². The molecule has 0 unspecified atom stereocenters. The molecule has 29 heavy (non-hydrogen) atoms. The van der Waals surface area contributed by atoms with E-state index >= 15 is 0 Å². The van der Waals surface area contributed by atoms with Crippen molar-refractivity contribution in [1.29, 1.82) is 0 Å². The Bertz CT molecular complexity index is 1040. The van der Waals surface area contributed by atoms with E-state index in [9.17, 15) is 9.59 Å². The van der Waals surface area contributed by atoms with Crippen LogP contribution in [0.25, 0.3) is 11.0 Å². The Kier molecular flexibility index (Phi) is 5.20. The molecule has 1 saturated heterocycles. The molecule has 2 aromatic carbocycles. The Morgan fingerprint density at radius 3 is 2.62 bits per heavy atom. The summed E-state index contributed by atoms with van der Waals surface area (Å²) in [5.74, 6) is 0.942. The summed E-state index contributed by atoms with van der Waals surface area (Å²) >= 11 is 0. The van der Waals surface area contributed by atoms with Crippen LogP contribution in [-0.4, -0.2) is 32.9 Å². The smallest absolute Gasteiger partial charge is 0.312 e. The molecule has 0 saturated carbocycles. The number of hydrogen-bond acceptors (Lipinski definition) is 3. The van der Waals surface area contributed by atoms with Gasteiger partial charge in [-0.3, -0.25) is 4.79 Å². The number of primary amides is 1. The first-order chi connectivity index (χ1) is 14.0. The average Bonchev–Trinajstić information content (AvgIpc) is 3.09. The number of benzene rings is 2. The molecule has 7 heteroatoms. The SMILES string of the molecule is Cn1c([C@H]2CCCCN2C(=O)c2ccc(CNC(N)=O)cc2)nc2ccccc21. The normalized spacial score (nSPS) is 16.7. The van der Waals surface area contributed by atoms with Crippen molar-refractivity contribution in [1.82, 2.24) is 19.8 Å². The second-order valence-electron chi connectivity index (χ2n) is 7.44. The Morgan fingerprint density at radius 1 is 1.14 bits per heavy atom. The topological polar surface area (TPSA) is 93.3 Å². The van der Waals surface area contributed by atoms with Crippen molar-refractivity contribution in [3.63, 3.8) is 0 Å². The van der Waals surface area contributed by atoms with E-state index in [-0.39, 0.29) is 11.9 Å². The Labute approximate surface area is 169 Å². The largest absolute Gasteiger partial charge is 0.352 e. The number of imidazole rings is 1. The fraction of sp³-hybridized carbons (Fsp3) is 0.318. The lowest BCUT2D eigenvalue weighted by molar-refractivity contribution is 0.0597. The van der Waals surface area contributed by atoms with Gasteiger partial charge in [0.2, 0.25) is 0 Å².